The summed E-state index contributed by atoms with van der Waals surface area (Å²) in [6, 6.07) is 13.0. The third-order valence-electron chi connectivity index (χ3n) is 5.34. The zero-order valence-corrected chi connectivity index (χ0v) is 18.5. The van der Waals surface area contributed by atoms with Gasteiger partial charge in [-0.1, -0.05) is 43.2 Å². The fourth-order valence-corrected chi connectivity index (χ4v) is 3.50. The van der Waals surface area contributed by atoms with Crippen LogP contribution in [0.3, 0.4) is 0 Å². The smallest absolute Gasteiger partial charge is 0.217 e. The number of amides is 1. The first kappa shape index (κ1) is 23.3. The maximum atomic E-state index is 10.9. The van der Waals surface area contributed by atoms with Crippen LogP contribution in [0.25, 0.3) is 10.9 Å². The summed E-state index contributed by atoms with van der Waals surface area (Å²) >= 11 is 0. The van der Waals surface area contributed by atoms with E-state index in [0.717, 1.165) is 36.3 Å². The van der Waals surface area contributed by atoms with Crippen molar-refractivity contribution in [3.05, 3.63) is 54.4 Å². The second-order valence-corrected chi connectivity index (χ2v) is 7.63. The molecule has 1 unspecified atom stereocenters. The Kier molecular flexibility index (Phi) is 8.21. The number of hydroxylamine groups is 1. The molecule has 3 N–H and O–H groups in total. The number of fused-ring (bicyclic) bond motifs is 1. The molecule has 3 rings (SSSR count). The third kappa shape index (κ3) is 5.85. The van der Waals surface area contributed by atoms with Crippen LogP contribution in [0.15, 0.2) is 48.8 Å². The second-order valence-electron chi connectivity index (χ2n) is 7.63. The third-order valence-corrected chi connectivity index (χ3v) is 5.34. The van der Waals surface area contributed by atoms with E-state index in [9.17, 15) is 10.0 Å². The second kappa shape index (κ2) is 11.3. The number of benzene rings is 2. The van der Waals surface area contributed by atoms with Gasteiger partial charge < -0.3 is 15.2 Å². The van der Waals surface area contributed by atoms with E-state index in [0.29, 0.717) is 41.2 Å². The number of anilines is 1. The molecule has 0 fully saturated rings. The van der Waals surface area contributed by atoms with Gasteiger partial charge in [0.1, 0.15) is 6.33 Å². The van der Waals surface area contributed by atoms with Gasteiger partial charge in [0.25, 0.3) is 0 Å². The van der Waals surface area contributed by atoms with Crippen molar-refractivity contribution < 1.29 is 19.5 Å². The lowest BCUT2D eigenvalue weighted by Gasteiger charge is -2.25. The molecule has 8 nitrogen and oxygen atoms in total. The average Bonchev–Trinajstić information content (AvgIpc) is 2.82. The molecular weight excluding hydrogens is 408 g/mol. The monoisotopic (exact) mass is 438 g/mol. The van der Waals surface area contributed by atoms with Crippen LogP contribution in [0.2, 0.25) is 0 Å². The topological polar surface area (TPSA) is 111 Å². The highest BCUT2D eigenvalue weighted by Crippen LogP contribution is 2.36. The SMILES string of the molecule is COc1cc2ncnc(N(O)C(C)c3ccccc3)c2cc1OCCCCCCC(N)=O. The van der Waals surface area contributed by atoms with E-state index in [1.54, 1.807) is 19.2 Å². The Morgan fingerprint density at radius 2 is 1.84 bits per heavy atom. The molecule has 0 bridgehead atoms. The largest absolute Gasteiger partial charge is 0.493 e. The fraction of sp³-hybridized carbons (Fsp3) is 0.375. The molecule has 0 radical (unpaired) electrons. The summed E-state index contributed by atoms with van der Waals surface area (Å²) in [4.78, 5) is 19.5. The first-order valence-corrected chi connectivity index (χ1v) is 10.8. The maximum absolute atomic E-state index is 10.9. The Bertz CT molecular complexity index is 1030. The van der Waals surface area contributed by atoms with E-state index in [-0.39, 0.29) is 11.9 Å². The van der Waals surface area contributed by atoms with E-state index in [2.05, 4.69) is 9.97 Å². The molecule has 170 valence electrons. The van der Waals surface area contributed by atoms with Crippen molar-refractivity contribution in [2.24, 2.45) is 5.73 Å². The van der Waals surface area contributed by atoms with Crippen molar-refractivity contribution >= 4 is 22.6 Å². The molecule has 0 spiro atoms. The van der Waals surface area contributed by atoms with Gasteiger partial charge in [0.15, 0.2) is 17.3 Å². The Balaban J connectivity index is 1.76. The van der Waals surface area contributed by atoms with Crippen molar-refractivity contribution in [2.45, 2.75) is 45.1 Å². The number of unbranched alkanes of at least 4 members (excludes halogenated alkanes) is 3. The fourth-order valence-electron chi connectivity index (χ4n) is 3.50. The van der Waals surface area contributed by atoms with Gasteiger partial charge in [-0.25, -0.2) is 15.0 Å². The first-order chi connectivity index (χ1) is 15.5. The van der Waals surface area contributed by atoms with Gasteiger partial charge in [0.2, 0.25) is 5.91 Å². The number of hydrogen-bond donors (Lipinski definition) is 2. The zero-order chi connectivity index (χ0) is 22.9. The number of aromatic nitrogens is 2. The van der Waals surface area contributed by atoms with Gasteiger partial charge in [-0.3, -0.25) is 10.0 Å². The lowest BCUT2D eigenvalue weighted by Crippen LogP contribution is -2.23. The zero-order valence-electron chi connectivity index (χ0n) is 18.5. The standard InChI is InChI=1S/C24H30N4O4/c1-17(18-10-6-5-7-11-18)28(30)24-19-14-22(21(31-2)15-20(19)26-16-27-24)32-13-9-4-3-8-12-23(25)29/h5-7,10-11,14-17,30H,3-4,8-9,12-13H2,1-2H3,(H2,25,29). The van der Waals surface area contributed by atoms with Crippen LogP contribution < -0.4 is 20.3 Å². The lowest BCUT2D eigenvalue weighted by atomic mass is 10.1. The predicted octanol–water partition coefficient (Wildman–Crippen LogP) is 4.41. The predicted molar refractivity (Wildman–Crippen MR) is 123 cm³/mol. The number of carbonyl (C=O) groups is 1. The highest BCUT2D eigenvalue weighted by Gasteiger charge is 2.20. The van der Waals surface area contributed by atoms with Crippen LogP contribution in [0.1, 0.15) is 50.6 Å². The number of rotatable bonds is 12. The maximum Gasteiger partial charge on any atom is 0.217 e. The number of primary amides is 1. The molecule has 2 aromatic carbocycles. The van der Waals surface area contributed by atoms with Gasteiger partial charge >= 0.3 is 0 Å². The Labute approximate surface area is 187 Å². The van der Waals surface area contributed by atoms with E-state index < -0.39 is 0 Å². The minimum Gasteiger partial charge on any atom is -0.493 e. The summed E-state index contributed by atoms with van der Waals surface area (Å²) in [5.74, 6) is 1.26. The number of nitrogens with two attached hydrogens (primary N) is 1. The Morgan fingerprint density at radius 1 is 1.09 bits per heavy atom. The van der Waals surface area contributed by atoms with Crippen LogP contribution in [0, 0.1) is 0 Å². The van der Waals surface area contributed by atoms with Crippen LogP contribution in [0.5, 0.6) is 11.5 Å². The van der Waals surface area contributed by atoms with Crippen molar-refractivity contribution in [3.63, 3.8) is 0 Å². The van der Waals surface area contributed by atoms with Crippen LogP contribution in [-0.2, 0) is 4.79 Å². The van der Waals surface area contributed by atoms with Crippen LogP contribution >= 0.6 is 0 Å². The van der Waals surface area contributed by atoms with Crippen LogP contribution in [-0.4, -0.2) is 34.8 Å². The highest BCUT2D eigenvalue weighted by atomic mass is 16.5. The Hall–Kier alpha value is -3.39. The van der Waals surface area contributed by atoms with Crippen molar-refractivity contribution in [1.82, 2.24) is 9.97 Å². The molecule has 0 aliphatic rings. The van der Waals surface area contributed by atoms with Crippen LogP contribution in [0.4, 0.5) is 5.82 Å². The van der Waals surface area contributed by atoms with Crippen molar-refractivity contribution in [2.75, 3.05) is 18.8 Å². The molecule has 0 aliphatic heterocycles. The minimum atomic E-state index is -0.304. The van der Waals surface area contributed by atoms with E-state index >= 15 is 0 Å². The highest BCUT2D eigenvalue weighted by molar-refractivity contribution is 5.91. The number of nitrogens with zero attached hydrogens (tertiary/aromatic N) is 3. The molecule has 1 heterocycles. The van der Waals surface area contributed by atoms with Crippen molar-refractivity contribution in [3.8, 4) is 11.5 Å². The molecule has 1 aromatic heterocycles. The van der Waals surface area contributed by atoms with Crippen molar-refractivity contribution in [1.29, 1.82) is 0 Å². The summed E-state index contributed by atoms with van der Waals surface area (Å²) in [5.41, 5.74) is 6.77. The number of ether oxygens (including phenoxy) is 2. The van der Waals surface area contributed by atoms with E-state index in [4.69, 9.17) is 15.2 Å². The molecule has 32 heavy (non-hydrogen) atoms. The molecule has 8 heteroatoms. The number of hydrogen-bond acceptors (Lipinski definition) is 7. The molecular formula is C24H30N4O4. The van der Waals surface area contributed by atoms with Gasteiger partial charge in [0.05, 0.1) is 25.3 Å². The van der Waals surface area contributed by atoms with E-state index in [1.165, 1.54) is 6.33 Å². The van der Waals surface area contributed by atoms with Gasteiger partial charge in [-0.15, -0.1) is 0 Å². The number of methoxy groups -OCH3 is 1. The quantitative estimate of drug-likeness (QED) is 0.318. The Morgan fingerprint density at radius 3 is 2.56 bits per heavy atom. The minimum absolute atomic E-state index is 0.264. The summed E-state index contributed by atoms with van der Waals surface area (Å²) in [6.07, 6.45) is 5.34. The summed E-state index contributed by atoms with van der Waals surface area (Å²) < 4.78 is 11.5. The van der Waals surface area contributed by atoms with Gasteiger partial charge in [-0.05, 0) is 31.4 Å². The first-order valence-electron chi connectivity index (χ1n) is 10.8. The number of carbonyl (C=O) groups excluding carboxylic acids is 1. The van der Waals surface area contributed by atoms with E-state index in [1.807, 2.05) is 37.3 Å². The molecule has 0 saturated carbocycles. The lowest BCUT2D eigenvalue weighted by molar-refractivity contribution is -0.118. The normalized spacial score (nSPS) is 11.8. The summed E-state index contributed by atoms with van der Waals surface area (Å²) in [6.45, 7) is 2.41. The molecule has 0 saturated heterocycles. The van der Waals surface area contributed by atoms with Gasteiger partial charge in [0, 0.05) is 17.9 Å². The molecule has 3 aromatic rings. The summed E-state index contributed by atoms with van der Waals surface area (Å²) in [5, 5.41) is 12.7. The van der Waals surface area contributed by atoms with Gasteiger partial charge in [-0.2, -0.15) is 0 Å². The molecule has 1 atom stereocenters. The summed E-state index contributed by atoms with van der Waals surface area (Å²) in [7, 11) is 1.58. The molecule has 0 aliphatic carbocycles. The average molecular weight is 439 g/mol. The molecule has 1 amide bonds.